The predicted octanol–water partition coefficient (Wildman–Crippen LogP) is 3.21. The molecule has 1 rings (SSSR count). The maximum Gasteiger partial charge on any atom is 0.142 e. The molecule has 0 aliphatic heterocycles. The van der Waals surface area contributed by atoms with Crippen LogP contribution in [0.5, 0.6) is 5.75 Å². The molecule has 3 nitrogen and oxygen atoms in total. The van der Waals surface area contributed by atoms with Gasteiger partial charge in [-0.25, -0.2) is 0 Å². The highest BCUT2D eigenvalue weighted by atomic mass is 16.5. The Morgan fingerprint density at radius 1 is 1.28 bits per heavy atom. The van der Waals surface area contributed by atoms with Crippen LogP contribution in [0.2, 0.25) is 0 Å². The second kappa shape index (κ2) is 6.64. The average molecular weight is 251 g/mol. The number of aryl methyl sites for hydroxylation is 1. The van der Waals surface area contributed by atoms with Gasteiger partial charge in [0.25, 0.3) is 0 Å². The van der Waals surface area contributed by atoms with Crippen molar-refractivity contribution in [3.8, 4) is 5.75 Å². The van der Waals surface area contributed by atoms with Crippen LogP contribution in [0.3, 0.4) is 0 Å². The van der Waals surface area contributed by atoms with Gasteiger partial charge in [0.05, 0.1) is 19.4 Å². The van der Waals surface area contributed by atoms with Gasteiger partial charge in [0.15, 0.2) is 0 Å². The van der Waals surface area contributed by atoms with Crippen molar-refractivity contribution in [1.82, 2.24) is 0 Å². The molecule has 0 amide bonds. The summed E-state index contributed by atoms with van der Waals surface area (Å²) in [4.78, 5) is 0. The number of hydrogen-bond donors (Lipinski definition) is 2. The molecule has 0 heterocycles. The van der Waals surface area contributed by atoms with Gasteiger partial charge in [-0.2, -0.15) is 0 Å². The smallest absolute Gasteiger partial charge is 0.142 e. The molecule has 0 aliphatic carbocycles. The zero-order chi connectivity index (χ0) is 13.6. The second-order valence-corrected chi connectivity index (χ2v) is 4.92. The summed E-state index contributed by atoms with van der Waals surface area (Å²) in [6.07, 6.45) is 1.92. The lowest BCUT2D eigenvalue weighted by atomic mass is 9.83. The SMILES string of the molecule is CCC(CC)(CO)CNc1ccc(C)cc1OC. The number of rotatable bonds is 7. The van der Waals surface area contributed by atoms with E-state index in [1.54, 1.807) is 7.11 Å². The van der Waals surface area contributed by atoms with Gasteiger partial charge in [-0.05, 0) is 37.5 Å². The number of hydrogen-bond acceptors (Lipinski definition) is 3. The van der Waals surface area contributed by atoms with Gasteiger partial charge in [-0.15, -0.1) is 0 Å². The Kier molecular flexibility index (Phi) is 5.48. The van der Waals surface area contributed by atoms with Crippen molar-refractivity contribution in [3.63, 3.8) is 0 Å². The van der Waals surface area contributed by atoms with E-state index in [-0.39, 0.29) is 12.0 Å². The fourth-order valence-corrected chi connectivity index (χ4v) is 2.01. The molecular formula is C15H25NO2. The first-order valence-electron chi connectivity index (χ1n) is 6.60. The summed E-state index contributed by atoms with van der Waals surface area (Å²) >= 11 is 0. The summed E-state index contributed by atoms with van der Waals surface area (Å²) in [5.74, 6) is 0.856. The highest BCUT2D eigenvalue weighted by molar-refractivity contribution is 5.57. The predicted molar refractivity (Wildman–Crippen MR) is 76.3 cm³/mol. The van der Waals surface area contributed by atoms with Gasteiger partial charge < -0.3 is 15.2 Å². The van der Waals surface area contributed by atoms with Crippen molar-refractivity contribution < 1.29 is 9.84 Å². The van der Waals surface area contributed by atoms with E-state index in [0.717, 1.165) is 30.8 Å². The lowest BCUT2D eigenvalue weighted by Crippen LogP contribution is -2.32. The fourth-order valence-electron chi connectivity index (χ4n) is 2.01. The van der Waals surface area contributed by atoms with Gasteiger partial charge in [-0.1, -0.05) is 19.9 Å². The molecule has 0 fully saturated rings. The molecule has 2 N–H and O–H groups in total. The van der Waals surface area contributed by atoms with Crippen LogP contribution in [0.4, 0.5) is 5.69 Å². The number of aliphatic hydroxyl groups excluding tert-OH is 1. The number of ether oxygens (including phenoxy) is 1. The van der Waals surface area contributed by atoms with Crippen LogP contribution in [-0.4, -0.2) is 25.4 Å². The van der Waals surface area contributed by atoms with Crippen molar-refractivity contribution in [3.05, 3.63) is 23.8 Å². The lowest BCUT2D eigenvalue weighted by molar-refractivity contribution is 0.127. The molecule has 0 saturated heterocycles. The van der Waals surface area contributed by atoms with Gasteiger partial charge in [0, 0.05) is 12.0 Å². The molecular weight excluding hydrogens is 226 g/mol. The highest BCUT2D eigenvalue weighted by Gasteiger charge is 2.25. The van der Waals surface area contributed by atoms with Gasteiger partial charge >= 0.3 is 0 Å². The quantitative estimate of drug-likeness (QED) is 0.782. The van der Waals surface area contributed by atoms with Gasteiger partial charge in [-0.3, -0.25) is 0 Å². The van der Waals surface area contributed by atoms with Crippen LogP contribution < -0.4 is 10.1 Å². The van der Waals surface area contributed by atoms with E-state index in [0.29, 0.717) is 0 Å². The van der Waals surface area contributed by atoms with Crippen molar-refractivity contribution in [2.45, 2.75) is 33.6 Å². The van der Waals surface area contributed by atoms with Crippen LogP contribution in [0.15, 0.2) is 18.2 Å². The van der Waals surface area contributed by atoms with Crippen LogP contribution in [-0.2, 0) is 0 Å². The number of anilines is 1. The summed E-state index contributed by atoms with van der Waals surface area (Å²) in [7, 11) is 1.68. The summed E-state index contributed by atoms with van der Waals surface area (Å²) in [6.45, 7) is 7.25. The molecule has 0 aliphatic rings. The zero-order valence-electron chi connectivity index (χ0n) is 11.9. The number of nitrogens with one attached hydrogen (secondary N) is 1. The Labute approximate surface area is 110 Å². The molecule has 0 radical (unpaired) electrons. The molecule has 102 valence electrons. The van der Waals surface area contributed by atoms with E-state index in [9.17, 15) is 5.11 Å². The monoisotopic (exact) mass is 251 g/mol. The minimum atomic E-state index is -0.0457. The zero-order valence-corrected chi connectivity index (χ0v) is 11.9. The molecule has 0 atom stereocenters. The molecule has 0 unspecified atom stereocenters. The van der Waals surface area contributed by atoms with E-state index in [2.05, 4.69) is 25.2 Å². The average Bonchev–Trinajstić information content (AvgIpc) is 2.42. The van der Waals surface area contributed by atoms with Gasteiger partial charge in [0.2, 0.25) is 0 Å². The third kappa shape index (κ3) is 3.39. The molecule has 1 aromatic rings. The van der Waals surface area contributed by atoms with E-state index in [4.69, 9.17) is 4.74 Å². The molecule has 3 heteroatoms. The van der Waals surface area contributed by atoms with Crippen LogP contribution >= 0.6 is 0 Å². The maximum absolute atomic E-state index is 9.55. The van der Waals surface area contributed by atoms with E-state index < -0.39 is 0 Å². The molecule has 0 saturated carbocycles. The van der Waals surface area contributed by atoms with E-state index >= 15 is 0 Å². The topological polar surface area (TPSA) is 41.5 Å². The second-order valence-electron chi connectivity index (χ2n) is 4.92. The Bertz CT molecular complexity index is 364. The Morgan fingerprint density at radius 3 is 2.44 bits per heavy atom. The molecule has 0 spiro atoms. The van der Waals surface area contributed by atoms with Crippen LogP contribution in [0.1, 0.15) is 32.3 Å². The van der Waals surface area contributed by atoms with E-state index in [1.807, 2.05) is 19.1 Å². The van der Waals surface area contributed by atoms with Crippen molar-refractivity contribution in [2.24, 2.45) is 5.41 Å². The van der Waals surface area contributed by atoms with Crippen molar-refractivity contribution in [2.75, 3.05) is 25.6 Å². The Balaban J connectivity index is 2.79. The third-order valence-electron chi connectivity index (χ3n) is 3.85. The minimum Gasteiger partial charge on any atom is -0.495 e. The number of methoxy groups -OCH3 is 1. The highest BCUT2D eigenvalue weighted by Crippen LogP contribution is 2.30. The standard InChI is InChI=1S/C15H25NO2/c1-5-15(6-2,11-17)10-16-13-8-7-12(3)9-14(13)18-4/h7-9,16-17H,5-6,10-11H2,1-4H3. The normalized spacial score (nSPS) is 11.4. The Morgan fingerprint density at radius 2 is 1.94 bits per heavy atom. The summed E-state index contributed by atoms with van der Waals surface area (Å²) in [5, 5.41) is 13.0. The van der Waals surface area contributed by atoms with Crippen LogP contribution in [0, 0.1) is 12.3 Å². The number of benzene rings is 1. The summed E-state index contributed by atoms with van der Waals surface area (Å²) < 4.78 is 5.37. The first-order chi connectivity index (χ1) is 8.60. The molecule has 1 aromatic carbocycles. The molecule has 0 bridgehead atoms. The minimum absolute atomic E-state index is 0.0457. The third-order valence-corrected chi connectivity index (χ3v) is 3.85. The van der Waals surface area contributed by atoms with E-state index in [1.165, 1.54) is 5.56 Å². The van der Waals surface area contributed by atoms with Crippen molar-refractivity contribution >= 4 is 5.69 Å². The molecule has 18 heavy (non-hydrogen) atoms. The lowest BCUT2D eigenvalue weighted by Gasteiger charge is -2.30. The van der Waals surface area contributed by atoms with Gasteiger partial charge in [0.1, 0.15) is 5.75 Å². The molecule has 0 aromatic heterocycles. The van der Waals surface area contributed by atoms with Crippen molar-refractivity contribution in [1.29, 1.82) is 0 Å². The van der Waals surface area contributed by atoms with Crippen LogP contribution in [0.25, 0.3) is 0 Å². The Hall–Kier alpha value is -1.22. The fraction of sp³-hybridized carbons (Fsp3) is 0.600. The largest absolute Gasteiger partial charge is 0.495 e. The maximum atomic E-state index is 9.55. The first-order valence-corrected chi connectivity index (χ1v) is 6.60. The first kappa shape index (κ1) is 14.8. The number of aliphatic hydroxyl groups is 1. The summed E-state index contributed by atoms with van der Waals surface area (Å²) in [6, 6.07) is 6.10. The summed E-state index contributed by atoms with van der Waals surface area (Å²) in [5.41, 5.74) is 2.12.